The maximum absolute atomic E-state index is 12.4. The quantitative estimate of drug-likeness (QED) is 0.615. The van der Waals surface area contributed by atoms with Gasteiger partial charge in [0.2, 0.25) is 0 Å². The zero-order valence-electron chi connectivity index (χ0n) is 15.2. The van der Waals surface area contributed by atoms with E-state index in [1.54, 1.807) is 30.3 Å². The van der Waals surface area contributed by atoms with Gasteiger partial charge in [-0.05, 0) is 43.7 Å². The predicted octanol–water partition coefficient (Wildman–Crippen LogP) is 2.81. The molecule has 1 N–H and O–H groups in total. The second kappa shape index (κ2) is 7.82. The van der Waals surface area contributed by atoms with Crippen molar-refractivity contribution in [3.8, 4) is 0 Å². The molecule has 2 aromatic rings. The molecule has 0 aromatic heterocycles. The topological polar surface area (TPSA) is 92.8 Å². The Labute approximate surface area is 166 Å². The monoisotopic (exact) mass is 400 g/mol. The summed E-state index contributed by atoms with van der Waals surface area (Å²) in [5.74, 6) is -2.59. The van der Waals surface area contributed by atoms with Crippen molar-refractivity contribution in [1.29, 1.82) is 0 Å². The van der Waals surface area contributed by atoms with Crippen LogP contribution in [-0.4, -0.2) is 41.2 Å². The number of rotatable bonds is 5. The van der Waals surface area contributed by atoms with Gasteiger partial charge in [0, 0.05) is 0 Å². The number of amides is 3. The molecule has 7 nitrogen and oxygen atoms in total. The Morgan fingerprint density at radius 2 is 1.71 bits per heavy atom. The van der Waals surface area contributed by atoms with Crippen LogP contribution < -0.4 is 5.32 Å². The van der Waals surface area contributed by atoms with Crippen molar-refractivity contribution in [3.63, 3.8) is 0 Å². The van der Waals surface area contributed by atoms with Crippen molar-refractivity contribution in [3.05, 3.63) is 64.2 Å². The average molecular weight is 401 g/mol. The number of nitrogens with one attached hydrogen (secondary N) is 1. The summed E-state index contributed by atoms with van der Waals surface area (Å²) in [5, 5.41) is 2.90. The lowest BCUT2D eigenvalue weighted by Crippen LogP contribution is -2.44. The minimum absolute atomic E-state index is 0.235. The van der Waals surface area contributed by atoms with E-state index in [1.807, 2.05) is 6.92 Å². The van der Waals surface area contributed by atoms with Crippen LogP contribution in [0.25, 0.3) is 0 Å². The van der Waals surface area contributed by atoms with Crippen molar-refractivity contribution < 1.29 is 23.9 Å². The molecule has 3 rings (SSSR count). The Bertz CT molecular complexity index is 953. The summed E-state index contributed by atoms with van der Waals surface area (Å²) in [5.41, 5.74) is 1.80. The van der Waals surface area contributed by atoms with Gasteiger partial charge in [0.05, 0.1) is 21.8 Å². The largest absolute Gasteiger partial charge is 0.454 e. The molecule has 0 saturated carbocycles. The summed E-state index contributed by atoms with van der Waals surface area (Å²) in [4.78, 5) is 49.9. The molecule has 1 aliphatic heterocycles. The number of anilines is 1. The highest BCUT2D eigenvalue weighted by molar-refractivity contribution is 6.33. The zero-order chi connectivity index (χ0) is 20.4. The van der Waals surface area contributed by atoms with E-state index >= 15 is 0 Å². The van der Waals surface area contributed by atoms with E-state index in [0.29, 0.717) is 10.7 Å². The number of nitrogens with zero attached hydrogens (tertiary/aromatic N) is 1. The van der Waals surface area contributed by atoms with Gasteiger partial charge in [-0.15, -0.1) is 0 Å². The lowest BCUT2D eigenvalue weighted by Gasteiger charge is -2.20. The van der Waals surface area contributed by atoms with Crippen LogP contribution in [0.3, 0.4) is 0 Å². The summed E-state index contributed by atoms with van der Waals surface area (Å²) < 4.78 is 4.97. The summed E-state index contributed by atoms with van der Waals surface area (Å²) >= 11 is 6.05. The minimum atomic E-state index is -1.16. The van der Waals surface area contributed by atoms with Crippen LogP contribution >= 0.6 is 11.6 Å². The first kappa shape index (κ1) is 19.6. The molecule has 1 aliphatic rings. The number of imide groups is 1. The van der Waals surface area contributed by atoms with Gasteiger partial charge in [0.25, 0.3) is 17.7 Å². The Morgan fingerprint density at radius 3 is 2.29 bits per heavy atom. The molecular weight excluding hydrogens is 384 g/mol. The molecule has 0 bridgehead atoms. The maximum atomic E-state index is 12.4. The van der Waals surface area contributed by atoms with E-state index in [1.165, 1.54) is 19.1 Å². The van der Waals surface area contributed by atoms with Crippen molar-refractivity contribution in [2.75, 3.05) is 11.9 Å². The second-order valence-electron chi connectivity index (χ2n) is 6.34. The molecule has 1 atom stereocenters. The number of ether oxygens (including phenoxy) is 1. The van der Waals surface area contributed by atoms with E-state index in [-0.39, 0.29) is 11.1 Å². The van der Waals surface area contributed by atoms with Crippen molar-refractivity contribution in [2.24, 2.45) is 0 Å². The molecule has 8 heteroatoms. The van der Waals surface area contributed by atoms with Crippen LogP contribution in [0, 0.1) is 6.92 Å². The van der Waals surface area contributed by atoms with Crippen molar-refractivity contribution in [2.45, 2.75) is 19.9 Å². The Balaban J connectivity index is 1.60. The molecule has 0 aliphatic carbocycles. The van der Waals surface area contributed by atoms with Gasteiger partial charge >= 0.3 is 5.97 Å². The van der Waals surface area contributed by atoms with E-state index in [0.717, 1.165) is 10.5 Å². The summed E-state index contributed by atoms with van der Waals surface area (Å²) in [6.45, 7) is 2.66. The third kappa shape index (κ3) is 3.75. The van der Waals surface area contributed by atoms with Gasteiger partial charge in [0.1, 0.15) is 6.04 Å². The molecule has 0 fully saturated rings. The Kier molecular flexibility index (Phi) is 5.46. The molecule has 28 heavy (non-hydrogen) atoms. The predicted molar refractivity (Wildman–Crippen MR) is 102 cm³/mol. The summed E-state index contributed by atoms with van der Waals surface area (Å²) in [6, 6.07) is 10.2. The first-order chi connectivity index (χ1) is 13.3. The highest BCUT2D eigenvalue weighted by Gasteiger charge is 2.41. The third-order valence-corrected chi connectivity index (χ3v) is 4.61. The Hall–Kier alpha value is -3.19. The number of halogens is 1. The fourth-order valence-electron chi connectivity index (χ4n) is 2.83. The lowest BCUT2D eigenvalue weighted by atomic mass is 10.1. The molecule has 144 valence electrons. The first-order valence-electron chi connectivity index (χ1n) is 8.49. The molecular formula is C20H17ClN2O5. The molecule has 0 radical (unpaired) electrons. The van der Waals surface area contributed by atoms with E-state index in [4.69, 9.17) is 16.3 Å². The maximum Gasteiger partial charge on any atom is 0.329 e. The average Bonchev–Trinajstić information content (AvgIpc) is 2.92. The van der Waals surface area contributed by atoms with E-state index in [9.17, 15) is 19.2 Å². The number of benzene rings is 2. The third-order valence-electron chi connectivity index (χ3n) is 4.30. The van der Waals surface area contributed by atoms with Gasteiger partial charge < -0.3 is 10.1 Å². The highest BCUT2D eigenvalue weighted by atomic mass is 35.5. The molecule has 0 spiro atoms. The number of hydrogen-bond donors (Lipinski definition) is 1. The van der Waals surface area contributed by atoms with Gasteiger partial charge in [0.15, 0.2) is 6.61 Å². The number of aryl methyl sites for hydroxylation is 1. The molecule has 0 unspecified atom stereocenters. The fourth-order valence-corrected chi connectivity index (χ4v) is 3.11. The number of hydrogen-bond acceptors (Lipinski definition) is 5. The van der Waals surface area contributed by atoms with Gasteiger partial charge in [-0.2, -0.15) is 0 Å². The fraction of sp³-hybridized carbons (Fsp3) is 0.200. The van der Waals surface area contributed by atoms with Crippen molar-refractivity contribution >= 4 is 41.0 Å². The van der Waals surface area contributed by atoms with Crippen LogP contribution in [-0.2, 0) is 14.3 Å². The highest BCUT2D eigenvalue weighted by Crippen LogP contribution is 2.25. The normalized spacial score (nSPS) is 13.9. The van der Waals surface area contributed by atoms with Crippen LogP contribution in [0.4, 0.5) is 5.69 Å². The number of carbonyl (C=O) groups is 4. The van der Waals surface area contributed by atoms with Crippen LogP contribution in [0.1, 0.15) is 33.2 Å². The smallest absolute Gasteiger partial charge is 0.329 e. The number of fused-ring (bicyclic) bond motifs is 1. The van der Waals surface area contributed by atoms with Crippen molar-refractivity contribution in [1.82, 2.24) is 4.90 Å². The number of esters is 1. The Morgan fingerprint density at radius 1 is 1.11 bits per heavy atom. The number of carbonyl (C=O) groups excluding carboxylic acids is 4. The molecule has 1 heterocycles. The van der Waals surface area contributed by atoms with Gasteiger partial charge in [-0.3, -0.25) is 19.3 Å². The standard InChI is InChI=1S/C20H17ClN2O5/c1-11-7-8-16(15(21)9-11)22-17(24)10-28-20(27)12(2)23-18(25)13-5-3-4-6-14(13)19(23)26/h3-9,12H,10H2,1-2H3,(H,22,24)/t12-/m1/s1. The first-order valence-corrected chi connectivity index (χ1v) is 8.87. The van der Waals surface area contributed by atoms with E-state index < -0.39 is 36.3 Å². The van der Waals surface area contributed by atoms with Crippen LogP contribution in [0.15, 0.2) is 42.5 Å². The zero-order valence-corrected chi connectivity index (χ0v) is 15.9. The second-order valence-corrected chi connectivity index (χ2v) is 6.75. The minimum Gasteiger partial charge on any atom is -0.454 e. The van der Waals surface area contributed by atoms with Crippen LogP contribution in [0.5, 0.6) is 0 Å². The summed E-state index contributed by atoms with van der Waals surface area (Å²) in [7, 11) is 0. The SMILES string of the molecule is Cc1ccc(NC(=O)COC(=O)[C@@H](C)N2C(=O)c3ccccc3C2=O)c(Cl)c1. The molecule has 3 amide bonds. The van der Waals surface area contributed by atoms with E-state index in [2.05, 4.69) is 5.32 Å². The van der Waals surface area contributed by atoms with Crippen LogP contribution in [0.2, 0.25) is 5.02 Å². The summed E-state index contributed by atoms with van der Waals surface area (Å²) in [6.07, 6.45) is 0. The molecule has 2 aromatic carbocycles. The van der Waals surface area contributed by atoms with Gasteiger partial charge in [-0.1, -0.05) is 29.8 Å². The van der Waals surface area contributed by atoms with Gasteiger partial charge in [-0.25, -0.2) is 4.79 Å². The molecule has 0 saturated heterocycles. The lowest BCUT2D eigenvalue weighted by molar-refractivity contribution is -0.150.